The van der Waals surface area contributed by atoms with Gasteiger partial charge in [-0.2, -0.15) is 0 Å². The van der Waals surface area contributed by atoms with Crippen LogP contribution in [0.2, 0.25) is 0 Å². The summed E-state index contributed by atoms with van der Waals surface area (Å²) in [6.07, 6.45) is 0. The lowest BCUT2D eigenvalue weighted by molar-refractivity contribution is -0.116. The molecule has 0 fully saturated rings. The number of anilines is 1. The molecule has 2 atom stereocenters. The van der Waals surface area contributed by atoms with Gasteiger partial charge < -0.3 is 15.5 Å². The molecule has 0 bridgehead atoms. The number of hydrogen-bond acceptors (Lipinski definition) is 4. The second-order valence-electron chi connectivity index (χ2n) is 6.87. The summed E-state index contributed by atoms with van der Waals surface area (Å²) in [7, 11) is 1.65. The van der Waals surface area contributed by atoms with Crippen molar-refractivity contribution >= 4 is 23.4 Å². The van der Waals surface area contributed by atoms with Crippen LogP contribution >= 0.6 is 11.8 Å². The molecule has 1 aliphatic rings. The number of aryl methyl sites for hydroxylation is 2. The highest BCUT2D eigenvalue weighted by Crippen LogP contribution is 2.39. The number of methoxy groups -OCH3 is 1. The number of nitrogens with zero attached hydrogens (tertiary/aromatic N) is 1. The van der Waals surface area contributed by atoms with E-state index in [2.05, 4.69) is 28.4 Å². The molecule has 6 heteroatoms. The van der Waals surface area contributed by atoms with Gasteiger partial charge in [0.1, 0.15) is 11.0 Å². The molecule has 0 saturated carbocycles. The molecule has 0 radical (unpaired) electrons. The van der Waals surface area contributed by atoms with Gasteiger partial charge in [-0.15, -0.1) is 0 Å². The first-order valence-corrected chi connectivity index (χ1v) is 10.1. The zero-order chi connectivity index (χ0) is 19.7. The van der Waals surface area contributed by atoms with Crippen LogP contribution in [0.5, 0.6) is 5.75 Å². The summed E-state index contributed by atoms with van der Waals surface area (Å²) >= 11 is 1.58. The third-order valence-corrected chi connectivity index (χ3v) is 6.30. The number of carbonyl (C=O) groups excluding carboxylic acids is 1. The second kappa shape index (κ2) is 7.64. The molecule has 1 aromatic heterocycles. The van der Waals surface area contributed by atoms with Crippen molar-refractivity contribution in [3.8, 4) is 5.75 Å². The lowest BCUT2D eigenvalue weighted by atomic mass is 10.0. The van der Waals surface area contributed by atoms with E-state index in [1.807, 2.05) is 61.5 Å². The highest BCUT2D eigenvalue weighted by molar-refractivity contribution is 8.00. The second-order valence-corrected chi connectivity index (χ2v) is 8.03. The van der Waals surface area contributed by atoms with E-state index in [0.717, 1.165) is 33.3 Å². The maximum Gasteiger partial charge on any atom is 0.240 e. The Morgan fingerprint density at radius 2 is 1.82 bits per heavy atom. The Balaban J connectivity index is 1.67. The molecule has 0 spiro atoms. The van der Waals surface area contributed by atoms with Gasteiger partial charge in [0, 0.05) is 11.4 Å². The van der Waals surface area contributed by atoms with Crippen molar-refractivity contribution in [1.82, 2.24) is 4.68 Å². The van der Waals surface area contributed by atoms with Gasteiger partial charge in [0.2, 0.25) is 5.91 Å². The smallest absolute Gasteiger partial charge is 0.240 e. The number of amides is 1. The standard InChI is InChI=1S/C22H23N3O2S/c1-14-6-4-5-7-18(14)23-22(26)21-20(16-9-11-17(27-3)12-10-16)24-25-15(2)8-13-19(25)28-21/h4-13,20-21,24H,1-3H3,(H,23,26)/t20-,21-/m1/s1. The van der Waals surface area contributed by atoms with Gasteiger partial charge in [0.15, 0.2) is 0 Å². The molecule has 1 amide bonds. The fraction of sp³-hybridized carbons (Fsp3) is 0.227. The Labute approximate surface area is 169 Å². The minimum Gasteiger partial charge on any atom is -0.497 e. The molecule has 5 nitrogen and oxygen atoms in total. The predicted molar refractivity (Wildman–Crippen MR) is 114 cm³/mol. The number of benzene rings is 2. The van der Waals surface area contributed by atoms with E-state index in [-0.39, 0.29) is 17.2 Å². The van der Waals surface area contributed by atoms with Crippen LogP contribution in [0.1, 0.15) is 22.9 Å². The predicted octanol–water partition coefficient (Wildman–Crippen LogP) is 4.51. The Kier molecular flexibility index (Phi) is 5.05. The summed E-state index contributed by atoms with van der Waals surface area (Å²) in [5.41, 5.74) is 7.57. The number of carbonyl (C=O) groups is 1. The number of ether oxygens (including phenoxy) is 1. The number of fused-ring (bicyclic) bond motifs is 1. The largest absolute Gasteiger partial charge is 0.497 e. The molecule has 2 aromatic carbocycles. The third-order valence-electron chi connectivity index (χ3n) is 5.00. The van der Waals surface area contributed by atoms with Crippen LogP contribution in [-0.2, 0) is 4.79 Å². The quantitative estimate of drug-likeness (QED) is 0.685. The minimum atomic E-state index is -0.310. The van der Waals surface area contributed by atoms with E-state index in [1.54, 1.807) is 18.9 Å². The number of aromatic nitrogens is 1. The van der Waals surface area contributed by atoms with Crippen molar-refractivity contribution in [2.45, 2.75) is 30.2 Å². The van der Waals surface area contributed by atoms with E-state index in [4.69, 9.17) is 4.74 Å². The molecule has 28 heavy (non-hydrogen) atoms. The fourth-order valence-corrected chi connectivity index (χ4v) is 4.59. The van der Waals surface area contributed by atoms with Crippen molar-refractivity contribution in [2.24, 2.45) is 0 Å². The van der Waals surface area contributed by atoms with E-state index in [1.165, 1.54) is 0 Å². The van der Waals surface area contributed by atoms with E-state index in [9.17, 15) is 4.79 Å². The summed E-state index contributed by atoms with van der Waals surface area (Å²) in [4.78, 5) is 13.2. The molecule has 2 N–H and O–H groups in total. The van der Waals surface area contributed by atoms with Crippen molar-refractivity contribution < 1.29 is 9.53 Å². The van der Waals surface area contributed by atoms with Gasteiger partial charge >= 0.3 is 0 Å². The molecular formula is C22H23N3O2S. The van der Waals surface area contributed by atoms with Crippen LogP contribution in [0.3, 0.4) is 0 Å². The van der Waals surface area contributed by atoms with Crippen molar-refractivity contribution in [3.63, 3.8) is 0 Å². The van der Waals surface area contributed by atoms with Crippen molar-refractivity contribution in [1.29, 1.82) is 0 Å². The van der Waals surface area contributed by atoms with Gasteiger partial charge in [-0.1, -0.05) is 42.1 Å². The summed E-state index contributed by atoms with van der Waals surface area (Å²) in [5, 5.41) is 3.83. The zero-order valence-corrected chi connectivity index (χ0v) is 16.9. The number of hydrogen-bond donors (Lipinski definition) is 2. The molecule has 4 rings (SSSR count). The summed E-state index contributed by atoms with van der Waals surface area (Å²) in [5.74, 6) is 0.781. The molecule has 0 unspecified atom stereocenters. The lowest BCUT2D eigenvalue weighted by Crippen LogP contribution is -2.41. The number of thioether (sulfide) groups is 1. The van der Waals surface area contributed by atoms with Crippen molar-refractivity contribution in [3.05, 3.63) is 77.5 Å². The third kappa shape index (κ3) is 3.47. The number of rotatable bonds is 4. The van der Waals surface area contributed by atoms with Gasteiger partial charge in [-0.3, -0.25) is 9.47 Å². The fourth-order valence-electron chi connectivity index (χ4n) is 3.36. The molecular weight excluding hydrogens is 370 g/mol. The minimum absolute atomic E-state index is 0.0160. The Morgan fingerprint density at radius 1 is 1.07 bits per heavy atom. The van der Waals surface area contributed by atoms with Crippen LogP contribution in [0.25, 0.3) is 0 Å². The van der Waals surface area contributed by atoms with Crippen LogP contribution < -0.4 is 15.5 Å². The summed E-state index contributed by atoms with van der Waals surface area (Å²) in [6, 6.07) is 19.6. The molecule has 0 aliphatic carbocycles. The average Bonchev–Trinajstić information content (AvgIpc) is 3.09. The average molecular weight is 394 g/mol. The summed E-state index contributed by atoms with van der Waals surface area (Å²) < 4.78 is 7.33. The molecule has 144 valence electrons. The van der Waals surface area contributed by atoms with E-state index < -0.39 is 0 Å². The topological polar surface area (TPSA) is 55.3 Å². The maximum atomic E-state index is 13.2. The van der Waals surface area contributed by atoms with Crippen molar-refractivity contribution in [2.75, 3.05) is 17.9 Å². The first-order chi connectivity index (χ1) is 13.6. The van der Waals surface area contributed by atoms with E-state index >= 15 is 0 Å². The number of para-hydroxylation sites is 1. The maximum absolute atomic E-state index is 13.2. The van der Waals surface area contributed by atoms with Crippen LogP contribution in [0.15, 0.2) is 65.7 Å². The number of nitrogens with one attached hydrogen (secondary N) is 2. The van der Waals surface area contributed by atoms with Gasteiger partial charge in [-0.05, 0) is 55.3 Å². The van der Waals surface area contributed by atoms with Gasteiger partial charge in [0.05, 0.1) is 18.2 Å². The molecule has 2 heterocycles. The molecule has 1 aliphatic heterocycles. The Bertz CT molecular complexity index is 997. The SMILES string of the molecule is COc1ccc([C@H]2Nn3c(C)ccc3S[C@H]2C(=O)Nc2ccccc2C)cc1. The normalized spacial score (nSPS) is 18.1. The highest BCUT2D eigenvalue weighted by atomic mass is 32.2. The monoisotopic (exact) mass is 393 g/mol. The van der Waals surface area contributed by atoms with Crippen LogP contribution in [0, 0.1) is 13.8 Å². The first kappa shape index (κ1) is 18.5. The van der Waals surface area contributed by atoms with E-state index in [0.29, 0.717) is 0 Å². The van der Waals surface area contributed by atoms with Gasteiger partial charge in [-0.25, -0.2) is 0 Å². The zero-order valence-electron chi connectivity index (χ0n) is 16.1. The molecule has 3 aromatic rings. The Hall–Kier alpha value is -2.86. The Morgan fingerprint density at radius 3 is 2.54 bits per heavy atom. The highest BCUT2D eigenvalue weighted by Gasteiger charge is 2.36. The summed E-state index contributed by atoms with van der Waals surface area (Å²) in [6.45, 7) is 4.05. The molecule has 0 saturated heterocycles. The lowest BCUT2D eigenvalue weighted by Gasteiger charge is -2.34. The van der Waals surface area contributed by atoms with Gasteiger partial charge in [0.25, 0.3) is 0 Å². The van der Waals surface area contributed by atoms with Crippen LogP contribution in [0.4, 0.5) is 5.69 Å². The first-order valence-electron chi connectivity index (χ1n) is 9.19. The van der Waals surface area contributed by atoms with Crippen LogP contribution in [-0.4, -0.2) is 22.9 Å².